The first-order valence-corrected chi connectivity index (χ1v) is 5.93. The van der Waals surface area contributed by atoms with Crippen LogP contribution in [0.15, 0.2) is 18.2 Å². The van der Waals surface area contributed by atoms with Crippen LogP contribution in [0.2, 0.25) is 0 Å². The van der Waals surface area contributed by atoms with Crippen LogP contribution in [-0.4, -0.2) is 46.9 Å². The fraction of sp³-hybridized carbons (Fsp3) is 0.417. The molecule has 0 saturated carbocycles. The summed E-state index contributed by atoms with van der Waals surface area (Å²) >= 11 is 0. The molecule has 8 heteroatoms. The Kier molecular flexibility index (Phi) is 3.75. The smallest absolute Gasteiger partial charge is 0.326 e. The zero-order chi connectivity index (χ0) is 14.9. The Morgan fingerprint density at radius 2 is 2.20 bits per heavy atom. The molecule has 2 unspecified atom stereocenters. The quantitative estimate of drug-likeness (QED) is 0.615. The van der Waals surface area contributed by atoms with Gasteiger partial charge in [0.05, 0.1) is 24.2 Å². The minimum Gasteiger partial charge on any atom is -0.496 e. The number of ether oxygens (including phenoxy) is 1. The maximum Gasteiger partial charge on any atom is 0.326 e. The summed E-state index contributed by atoms with van der Waals surface area (Å²) in [7, 11) is 1.37. The van der Waals surface area contributed by atoms with Gasteiger partial charge in [0, 0.05) is 30.8 Å². The number of carbonyl (C=O) groups is 1. The molecule has 2 rings (SSSR count). The molecule has 20 heavy (non-hydrogen) atoms. The third-order valence-electron chi connectivity index (χ3n) is 3.22. The zero-order valence-corrected chi connectivity index (χ0v) is 10.7. The highest BCUT2D eigenvalue weighted by molar-refractivity contribution is 5.79. The van der Waals surface area contributed by atoms with Gasteiger partial charge in [-0.15, -0.1) is 0 Å². The van der Waals surface area contributed by atoms with Crippen molar-refractivity contribution in [2.75, 3.05) is 18.6 Å². The third kappa shape index (κ3) is 2.64. The molecule has 1 fully saturated rings. The fourth-order valence-electron chi connectivity index (χ4n) is 2.29. The van der Waals surface area contributed by atoms with E-state index in [1.54, 1.807) is 0 Å². The van der Waals surface area contributed by atoms with Gasteiger partial charge in [-0.25, -0.2) is 4.79 Å². The summed E-state index contributed by atoms with van der Waals surface area (Å²) in [6.07, 6.45) is -0.693. The van der Waals surface area contributed by atoms with Crippen LogP contribution in [-0.2, 0) is 4.79 Å². The second-order valence-electron chi connectivity index (χ2n) is 4.54. The molecule has 0 spiro atoms. The standard InChI is InChI=1S/C12H14N2O6/c1-20-10-3-7(2-8(4-10)14(18)19)13-6-9(15)5-11(13)12(16)17/h2-4,9,11,15H,5-6H2,1H3,(H,16,17). The van der Waals surface area contributed by atoms with E-state index in [1.807, 2.05) is 0 Å². The molecule has 108 valence electrons. The van der Waals surface area contributed by atoms with Crippen LogP contribution < -0.4 is 9.64 Å². The predicted molar refractivity (Wildman–Crippen MR) is 69.0 cm³/mol. The van der Waals surface area contributed by atoms with Gasteiger partial charge >= 0.3 is 5.97 Å². The van der Waals surface area contributed by atoms with Crippen LogP contribution in [0.3, 0.4) is 0 Å². The average Bonchev–Trinajstić information content (AvgIpc) is 2.80. The monoisotopic (exact) mass is 282 g/mol. The van der Waals surface area contributed by atoms with Gasteiger partial charge < -0.3 is 19.8 Å². The molecule has 1 saturated heterocycles. The molecule has 1 heterocycles. The molecule has 0 aliphatic carbocycles. The first-order chi connectivity index (χ1) is 9.42. The van der Waals surface area contributed by atoms with Gasteiger partial charge in [0.2, 0.25) is 0 Å². The number of rotatable bonds is 4. The number of anilines is 1. The molecule has 1 aliphatic heterocycles. The number of nitrogens with zero attached hydrogens (tertiary/aromatic N) is 2. The van der Waals surface area contributed by atoms with E-state index in [-0.39, 0.29) is 24.4 Å². The molecule has 0 bridgehead atoms. The third-order valence-corrected chi connectivity index (χ3v) is 3.22. The highest BCUT2D eigenvalue weighted by Gasteiger charge is 2.36. The Balaban J connectivity index is 2.42. The van der Waals surface area contributed by atoms with E-state index < -0.39 is 23.0 Å². The molecule has 1 aliphatic rings. The Bertz CT molecular complexity index is 547. The van der Waals surface area contributed by atoms with Crippen molar-refractivity contribution < 1.29 is 24.7 Å². The lowest BCUT2D eigenvalue weighted by molar-refractivity contribution is -0.384. The molecule has 0 amide bonds. The van der Waals surface area contributed by atoms with Crippen molar-refractivity contribution in [3.8, 4) is 5.75 Å². The number of nitro benzene ring substituents is 1. The summed E-state index contributed by atoms with van der Waals surface area (Å²) in [5.74, 6) is -0.813. The zero-order valence-electron chi connectivity index (χ0n) is 10.7. The van der Waals surface area contributed by atoms with E-state index in [2.05, 4.69) is 0 Å². The summed E-state index contributed by atoms with van der Waals surface area (Å²) in [5, 5.41) is 29.6. The molecule has 1 aromatic rings. The molecule has 0 radical (unpaired) electrons. The van der Waals surface area contributed by atoms with Crippen LogP contribution in [0.4, 0.5) is 11.4 Å². The number of aliphatic hydroxyl groups excluding tert-OH is 1. The van der Waals surface area contributed by atoms with Crippen molar-refractivity contribution in [2.24, 2.45) is 0 Å². The molecule has 0 aromatic heterocycles. The highest BCUT2D eigenvalue weighted by atomic mass is 16.6. The van der Waals surface area contributed by atoms with E-state index in [0.29, 0.717) is 5.69 Å². The highest BCUT2D eigenvalue weighted by Crippen LogP contribution is 2.32. The first-order valence-electron chi connectivity index (χ1n) is 5.93. The van der Waals surface area contributed by atoms with Gasteiger partial charge in [-0.3, -0.25) is 10.1 Å². The number of β-amino-alcohol motifs (C(OH)–C–C–N with tert-alkyl or cyclic N) is 1. The molecular formula is C12H14N2O6. The van der Waals surface area contributed by atoms with Gasteiger partial charge in [-0.05, 0) is 0 Å². The number of carboxylic acid groups (broad SMARTS) is 1. The van der Waals surface area contributed by atoms with E-state index >= 15 is 0 Å². The maximum atomic E-state index is 11.2. The Labute approximate surface area is 114 Å². The van der Waals surface area contributed by atoms with Gasteiger partial charge in [0.25, 0.3) is 5.69 Å². The summed E-state index contributed by atoms with van der Waals surface area (Å²) in [6, 6.07) is 3.14. The van der Waals surface area contributed by atoms with Crippen molar-refractivity contribution in [3.05, 3.63) is 28.3 Å². The van der Waals surface area contributed by atoms with Crippen molar-refractivity contribution in [1.29, 1.82) is 0 Å². The summed E-state index contributed by atoms with van der Waals surface area (Å²) in [6.45, 7) is 0.112. The Hall–Kier alpha value is -2.35. The van der Waals surface area contributed by atoms with Crippen LogP contribution in [0.5, 0.6) is 5.75 Å². The van der Waals surface area contributed by atoms with Gasteiger partial charge in [0.1, 0.15) is 11.8 Å². The molecule has 2 N–H and O–H groups in total. The van der Waals surface area contributed by atoms with Crippen molar-refractivity contribution in [3.63, 3.8) is 0 Å². The Morgan fingerprint density at radius 1 is 1.50 bits per heavy atom. The molecule has 1 aromatic carbocycles. The number of benzene rings is 1. The lowest BCUT2D eigenvalue weighted by atomic mass is 10.2. The van der Waals surface area contributed by atoms with Crippen molar-refractivity contribution >= 4 is 17.3 Å². The Morgan fingerprint density at radius 3 is 2.75 bits per heavy atom. The minimum atomic E-state index is -1.08. The number of carboxylic acids is 1. The average molecular weight is 282 g/mol. The number of nitro groups is 1. The van der Waals surface area contributed by atoms with Crippen LogP contribution in [0, 0.1) is 10.1 Å². The summed E-state index contributed by atoms with van der Waals surface area (Å²) in [5.41, 5.74) is 0.157. The molecule has 2 atom stereocenters. The topological polar surface area (TPSA) is 113 Å². The molecule has 8 nitrogen and oxygen atoms in total. The van der Waals surface area contributed by atoms with Crippen LogP contribution in [0.1, 0.15) is 6.42 Å². The van der Waals surface area contributed by atoms with E-state index in [4.69, 9.17) is 9.84 Å². The van der Waals surface area contributed by atoms with E-state index in [1.165, 1.54) is 30.2 Å². The fourth-order valence-corrected chi connectivity index (χ4v) is 2.29. The number of hydrogen-bond acceptors (Lipinski definition) is 6. The molecular weight excluding hydrogens is 268 g/mol. The number of aliphatic hydroxyl groups is 1. The lowest BCUT2D eigenvalue weighted by Crippen LogP contribution is -2.36. The van der Waals surface area contributed by atoms with Crippen molar-refractivity contribution in [1.82, 2.24) is 0 Å². The first kappa shape index (κ1) is 14.1. The summed E-state index contributed by atoms with van der Waals surface area (Å²) < 4.78 is 4.99. The van der Waals surface area contributed by atoms with Gasteiger partial charge in [0.15, 0.2) is 0 Å². The lowest BCUT2D eigenvalue weighted by Gasteiger charge is -2.23. The van der Waals surface area contributed by atoms with Gasteiger partial charge in [-0.2, -0.15) is 0 Å². The largest absolute Gasteiger partial charge is 0.496 e. The van der Waals surface area contributed by atoms with E-state index in [0.717, 1.165) is 0 Å². The second kappa shape index (κ2) is 5.33. The summed E-state index contributed by atoms with van der Waals surface area (Å²) in [4.78, 5) is 22.9. The number of methoxy groups -OCH3 is 1. The minimum absolute atomic E-state index is 0.0837. The van der Waals surface area contributed by atoms with E-state index in [9.17, 15) is 20.0 Å². The van der Waals surface area contributed by atoms with Crippen LogP contribution in [0.25, 0.3) is 0 Å². The maximum absolute atomic E-state index is 11.2. The van der Waals surface area contributed by atoms with Crippen LogP contribution >= 0.6 is 0 Å². The number of hydrogen-bond donors (Lipinski definition) is 2. The van der Waals surface area contributed by atoms with Crippen molar-refractivity contribution in [2.45, 2.75) is 18.6 Å². The van der Waals surface area contributed by atoms with Gasteiger partial charge in [-0.1, -0.05) is 0 Å². The second-order valence-corrected chi connectivity index (χ2v) is 4.54. The number of aliphatic carboxylic acids is 1. The number of non-ortho nitro benzene ring substituents is 1. The SMILES string of the molecule is COc1cc(N2CC(O)CC2C(=O)O)cc([N+](=O)[O-])c1. The predicted octanol–water partition coefficient (Wildman–Crippen LogP) is 0.628. The normalized spacial score (nSPS) is 21.8.